The third-order valence-electron chi connectivity index (χ3n) is 3.83. The van der Waals surface area contributed by atoms with Crippen molar-refractivity contribution in [2.75, 3.05) is 37.9 Å². The Balaban J connectivity index is 2.34. The number of hydrogen-bond donors (Lipinski definition) is 2. The van der Waals surface area contributed by atoms with Crippen LogP contribution in [0.2, 0.25) is 0 Å². The molecule has 1 atom stereocenters. The van der Waals surface area contributed by atoms with Crippen molar-refractivity contribution in [1.29, 1.82) is 0 Å². The Morgan fingerprint density at radius 2 is 2.20 bits per heavy atom. The second-order valence-corrected chi connectivity index (χ2v) is 5.50. The first-order valence-corrected chi connectivity index (χ1v) is 7.03. The topological polar surface area (TPSA) is 69.8 Å². The normalized spacial score (nSPS) is 18.9. The molecule has 0 aromatic heterocycles. The predicted octanol–water partition coefficient (Wildman–Crippen LogP) is 1.32. The maximum atomic E-state index is 12.8. The summed E-state index contributed by atoms with van der Waals surface area (Å²) in [5.74, 6) is -0.0419. The van der Waals surface area contributed by atoms with E-state index in [2.05, 4.69) is 0 Å². The van der Waals surface area contributed by atoms with Gasteiger partial charge >= 0.3 is 0 Å². The van der Waals surface area contributed by atoms with Crippen molar-refractivity contribution in [2.45, 2.75) is 25.3 Å². The molecule has 0 saturated carbocycles. The zero-order chi connectivity index (χ0) is 14.7. The van der Waals surface area contributed by atoms with E-state index in [0.717, 1.165) is 24.9 Å². The van der Waals surface area contributed by atoms with Crippen molar-refractivity contribution >= 4 is 17.3 Å². The number of nitrogens with zero attached hydrogens (tertiary/aromatic N) is 2. The number of benzene rings is 1. The number of carbonyl (C=O) groups excluding carboxylic acids is 1. The average molecular weight is 277 g/mol. The molecule has 1 saturated heterocycles. The first-order valence-electron chi connectivity index (χ1n) is 7.03. The summed E-state index contributed by atoms with van der Waals surface area (Å²) in [6, 6.07) is 5.31. The summed E-state index contributed by atoms with van der Waals surface area (Å²) in [6.07, 6.45) is 2.91. The molecule has 0 radical (unpaired) electrons. The molecule has 1 aliphatic rings. The molecule has 5 nitrogen and oxygen atoms in total. The van der Waals surface area contributed by atoms with E-state index in [1.165, 1.54) is 0 Å². The van der Waals surface area contributed by atoms with E-state index < -0.39 is 0 Å². The molecule has 1 aromatic rings. The molecule has 2 rings (SSSR count). The van der Waals surface area contributed by atoms with E-state index in [4.69, 9.17) is 5.73 Å². The number of amides is 1. The number of nitrogens with two attached hydrogens (primary N) is 1. The van der Waals surface area contributed by atoms with Crippen LogP contribution in [0.3, 0.4) is 0 Å². The minimum Gasteiger partial charge on any atom is -0.399 e. The molecule has 0 spiro atoms. The fourth-order valence-corrected chi connectivity index (χ4v) is 2.73. The highest BCUT2D eigenvalue weighted by molar-refractivity contribution is 6.01. The summed E-state index contributed by atoms with van der Waals surface area (Å²) in [7, 11) is 3.81. The van der Waals surface area contributed by atoms with Gasteiger partial charge in [0.1, 0.15) is 0 Å². The van der Waals surface area contributed by atoms with Crippen LogP contribution < -0.4 is 10.6 Å². The fourth-order valence-electron chi connectivity index (χ4n) is 2.73. The highest BCUT2D eigenvalue weighted by Gasteiger charge is 2.28. The molecule has 110 valence electrons. The fraction of sp³-hybridized carbons (Fsp3) is 0.533. The monoisotopic (exact) mass is 277 g/mol. The Morgan fingerprint density at radius 1 is 1.45 bits per heavy atom. The van der Waals surface area contributed by atoms with Crippen LogP contribution in [-0.2, 0) is 0 Å². The van der Waals surface area contributed by atoms with E-state index in [1.54, 1.807) is 17.0 Å². The lowest BCUT2D eigenvalue weighted by Gasteiger charge is -2.35. The minimum absolute atomic E-state index is 0.0192. The number of anilines is 2. The lowest BCUT2D eigenvalue weighted by Crippen LogP contribution is -2.46. The molecule has 5 heteroatoms. The minimum atomic E-state index is -0.0762. The summed E-state index contributed by atoms with van der Waals surface area (Å²) in [6.45, 7) is 0.719. The number of likely N-dealkylation sites (tertiary alicyclic amines) is 1. The van der Waals surface area contributed by atoms with Crippen LogP contribution in [0.1, 0.15) is 29.6 Å². The molecule has 1 aromatic carbocycles. The van der Waals surface area contributed by atoms with Gasteiger partial charge in [-0.15, -0.1) is 0 Å². The van der Waals surface area contributed by atoms with Crippen molar-refractivity contribution < 1.29 is 9.90 Å². The zero-order valence-corrected chi connectivity index (χ0v) is 12.2. The molecule has 0 bridgehead atoms. The van der Waals surface area contributed by atoms with Gasteiger partial charge in [0.2, 0.25) is 0 Å². The number of nitrogen functional groups attached to an aromatic ring is 1. The van der Waals surface area contributed by atoms with Crippen molar-refractivity contribution in [3.8, 4) is 0 Å². The van der Waals surface area contributed by atoms with Crippen LogP contribution >= 0.6 is 0 Å². The standard InChI is InChI=1S/C15H23N3O2/c1-17(2)14-7-6-11(16)9-13(14)15(20)18-8-4-3-5-12(18)10-19/h6-7,9,12,19H,3-5,8,10,16H2,1-2H3. The molecule has 1 aliphatic heterocycles. The predicted molar refractivity (Wildman–Crippen MR) is 80.9 cm³/mol. The Bertz CT molecular complexity index is 488. The third-order valence-corrected chi connectivity index (χ3v) is 3.83. The van der Waals surface area contributed by atoms with Crippen molar-refractivity contribution in [3.63, 3.8) is 0 Å². The largest absolute Gasteiger partial charge is 0.399 e. The van der Waals surface area contributed by atoms with Crippen LogP contribution in [0.25, 0.3) is 0 Å². The molecule has 0 aliphatic carbocycles. The zero-order valence-electron chi connectivity index (χ0n) is 12.2. The SMILES string of the molecule is CN(C)c1ccc(N)cc1C(=O)N1CCCCC1CO. The van der Waals surface area contributed by atoms with Crippen LogP contribution in [-0.4, -0.2) is 49.2 Å². The molecule has 20 heavy (non-hydrogen) atoms. The number of aliphatic hydroxyl groups is 1. The van der Waals surface area contributed by atoms with Gasteiger partial charge in [-0.3, -0.25) is 4.79 Å². The molecular weight excluding hydrogens is 254 g/mol. The molecule has 3 N–H and O–H groups in total. The van der Waals surface area contributed by atoms with Gasteiger partial charge < -0.3 is 20.6 Å². The Kier molecular flexibility index (Phi) is 4.49. The van der Waals surface area contributed by atoms with Crippen LogP contribution in [0.4, 0.5) is 11.4 Å². The third kappa shape index (κ3) is 2.88. The summed E-state index contributed by atoms with van der Waals surface area (Å²) < 4.78 is 0. The van der Waals surface area contributed by atoms with E-state index >= 15 is 0 Å². The van der Waals surface area contributed by atoms with Crippen LogP contribution in [0, 0.1) is 0 Å². The van der Waals surface area contributed by atoms with Gasteiger partial charge in [-0.05, 0) is 37.5 Å². The maximum Gasteiger partial charge on any atom is 0.256 e. The molecule has 1 amide bonds. The van der Waals surface area contributed by atoms with E-state index in [0.29, 0.717) is 17.8 Å². The Morgan fingerprint density at radius 3 is 2.85 bits per heavy atom. The number of carbonyl (C=O) groups is 1. The van der Waals surface area contributed by atoms with Gasteiger partial charge in [-0.25, -0.2) is 0 Å². The van der Waals surface area contributed by atoms with Gasteiger partial charge in [-0.1, -0.05) is 0 Å². The Hall–Kier alpha value is -1.75. The van der Waals surface area contributed by atoms with Gasteiger partial charge in [0.25, 0.3) is 5.91 Å². The van der Waals surface area contributed by atoms with Gasteiger partial charge in [0, 0.05) is 32.0 Å². The van der Waals surface area contributed by atoms with Crippen molar-refractivity contribution in [3.05, 3.63) is 23.8 Å². The summed E-state index contributed by atoms with van der Waals surface area (Å²) in [4.78, 5) is 16.5. The molecular formula is C15H23N3O2. The first kappa shape index (κ1) is 14.7. The summed E-state index contributed by atoms with van der Waals surface area (Å²) in [5.41, 5.74) is 7.86. The van der Waals surface area contributed by atoms with E-state index in [9.17, 15) is 9.90 Å². The first-order chi connectivity index (χ1) is 9.54. The average Bonchev–Trinajstić information content (AvgIpc) is 2.46. The second kappa shape index (κ2) is 6.13. The van der Waals surface area contributed by atoms with Gasteiger partial charge in [-0.2, -0.15) is 0 Å². The maximum absolute atomic E-state index is 12.8. The number of hydrogen-bond acceptors (Lipinski definition) is 4. The van der Waals surface area contributed by atoms with Crippen LogP contribution in [0.5, 0.6) is 0 Å². The second-order valence-electron chi connectivity index (χ2n) is 5.50. The summed E-state index contributed by atoms with van der Waals surface area (Å²) in [5, 5.41) is 9.46. The lowest BCUT2D eigenvalue weighted by molar-refractivity contribution is 0.0504. The van der Waals surface area contributed by atoms with Crippen LogP contribution in [0.15, 0.2) is 18.2 Å². The lowest BCUT2D eigenvalue weighted by atomic mass is 10.0. The van der Waals surface area contributed by atoms with Gasteiger partial charge in [0.05, 0.1) is 18.2 Å². The van der Waals surface area contributed by atoms with Crippen molar-refractivity contribution in [2.24, 2.45) is 0 Å². The van der Waals surface area contributed by atoms with Gasteiger partial charge in [0.15, 0.2) is 0 Å². The number of piperidine rings is 1. The highest BCUT2D eigenvalue weighted by atomic mass is 16.3. The van der Waals surface area contributed by atoms with E-state index in [1.807, 2.05) is 25.1 Å². The molecule has 1 fully saturated rings. The molecule has 1 heterocycles. The van der Waals surface area contributed by atoms with Crippen molar-refractivity contribution in [1.82, 2.24) is 4.90 Å². The molecule has 1 unspecified atom stereocenters. The number of aliphatic hydroxyl groups excluding tert-OH is 1. The summed E-state index contributed by atoms with van der Waals surface area (Å²) >= 11 is 0. The quantitative estimate of drug-likeness (QED) is 0.818. The smallest absolute Gasteiger partial charge is 0.256 e. The van der Waals surface area contributed by atoms with E-state index in [-0.39, 0.29) is 18.6 Å². The highest BCUT2D eigenvalue weighted by Crippen LogP contribution is 2.26. The Labute approximate surface area is 120 Å². The number of rotatable bonds is 3.